The summed E-state index contributed by atoms with van der Waals surface area (Å²) in [6.45, 7) is 18.3. The first-order valence-corrected chi connectivity index (χ1v) is 23.6. The molecule has 6 rings (SSSR count). The number of nitrogens with one attached hydrogen (secondary N) is 4. The normalized spacial score (nSPS) is 22.1. The Balaban J connectivity index is 1.33. The van der Waals surface area contributed by atoms with Gasteiger partial charge >= 0.3 is 16.4 Å². The van der Waals surface area contributed by atoms with E-state index >= 15 is 0 Å². The van der Waals surface area contributed by atoms with Gasteiger partial charge in [-0.2, -0.15) is 8.42 Å². The molecule has 19 heteroatoms. The van der Waals surface area contributed by atoms with Crippen molar-refractivity contribution in [3.8, 4) is 22.9 Å². The third-order valence-corrected chi connectivity index (χ3v) is 12.8. The number of likely N-dealkylation sites (tertiary alicyclic amines) is 1. The number of hydrogen-bond acceptors (Lipinski definition) is 14. The Morgan fingerprint density at radius 3 is 2.37 bits per heavy atom. The molecule has 63 heavy (non-hydrogen) atoms. The van der Waals surface area contributed by atoms with Crippen LogP contribution in [0.15, 0.2) is 42.3 Å². The number of alkyl carbamates (subject to hydrolysis) is 1. The van der Waals surface area contributed by atoms with Crippen LogP contribution in [-0.4, -0.2) is 103 Å². The van der Waals surface area contributed by atoms with Gasteiger partial charge in [-0.15, -0.1) is 17.9 Å². The first kappa shape index (κ1) is 47.5. The van der Waals surface area contributed by atoms with Crippen LogP contribution < -0.4 is 30.1 Å². The Morgan fingerprint density at radius 1 is 1.03 bits per heavy atom. The predicted molar refractivity (Wildman–Crippen MR) is 239 cm³/mol. The Bertz CT molecular complexity index is 2320. The van der Waals surface area contributed by atoms with Crippen LogP contribution in [0.1, 0.15) is 93.9 Å². The molecule has 3 aromatic rings. The number of carbonyl (C=O) groups excluding carboxylic acids is 4. The summed E-state index contributed by atoms with van der Waals surface area (Å²) < 4.78 is 50.8. The number of methoxy groups -OCH3 is 1. The van der Waals surface area contributed by atoms with Crippen molar-refractivity contribution in [2.45, 2.75) is 130 Å². The molecule has 4 amide bonds. The van der Waals surface area contributed by atoms with Crippen LogP contribution in [0.3, 0.4) is 0 Å². The van der Waals surface area contributed by atoms with Gasteiger partial charge in [0.1, 0.15) is 47.0 Å². The van der Waals surface area contributed by atoms with Crippen LogP contribution in [0.4, 0.5) is 9.93 Å². The Kier molecular flexibility index (Phi) is 14.0. The molecule has 1 aliphatic heterocycles. The van der Waals surface area contributed by atoms with Crippen molar-refractivity contribution in [3.05, 3.63) is 42.3 Å². The number of ether oxygens (including phenoxy) is 3. The SMILES string of the molecule is C=CC1C[C@]1(NC(=O)[C@@H]1C[C@@H](Oc2cc(-c3csc(NC(C)C)n3)nc3cc(OC)ccc23)CN1C(=O)[C@@H](NC(=O)OC1CCCC1)C(C)(C)C)C(=O)NS(=O)(=O)OCC(C)(C)C. The van der Waals surface area contributed by atoms with E-state index in [1.165, 1.54) is 22.3 Å². The summed E-state index contributed by atoms with van der Waals surface area (Å²) in [4.78, 5) is 67.5. The number of carbonyl (C=O) groups is 4. The average Bonchev–Trinajstić information content (AvgIpc) is 3.61. The van der Waals surface area contributed by atoms with Crippen molar-refractivity contribution in [2.24, 2.45) is 16.7 Å². The number of aromatic nitrogens is 2. The van der Waals surface area contributed by atoms with Crippen LogP contribution in [0.2, 0.25) is 0 Å². The number of nitrogens with zero attached hydrogens (tertiary/aromatic N) is 3. The maximum absolute atomic E-state index is 14.8. The molecule has 3 heterocycles. The minimum atomic E-state index is -4.55. The smallest absolute Gasteiger partial charge is 0.408 e. The van der Waals surface area contributed by atoms with Crippen LogP contribution >= 0.6 is 11.3 Å². The zero-order chi connectivity index (χ0) is 46.1. The lowest BCUT2D eigenvalue weighted by Gasteiger charge is -2.35. The fourth-order valence-electron chi connectivity index (χ4n) is 7.74. The van der Waals surface area contributed by atoms with Gasteiger partial charge in [-0.05, 0) is 68.9 Å². The molecule has 3 aliphatic rings. The molecule has 0 radical (unpaired) electrons. The fraction of sp³-hybridized carbons (Fsp3) is 0.591. The molecule has 2 aromatic heterocycles. The Labute approximate surface area is 373 Å². The number of benzene rings is 1. The second-order valence-corrected chi connectivity index (χ2v) is 21.4. The van der Waals surface area contributed by atoms with Gasteiger partial charge in [0.25, 0.3) is 5.91 Å². The van der Waals surface area contributed by atoms with Crippen molar-refractivity contribution < 1.29 is 46.0 Å². The van der Waals surface area contributed by atoms with Gasteiger partial charge in [-0.3, -0.25) is 18.6 Å². The maximum atomic E-state index is 14.8. The lowest BCUT2D eigenvalue weighted by molar-refractivity contribution is -0.143. The monoisotopic (exact) mass is 911 g/mol. The first-order chi connectivity index (χ1) is 29.5. The Morgan fingerprint density at radius 2 is 1.75 bits per heavy atom. The number of fused-ring (bicyclic) bond motifs is 1. The molecule has 4 N–H and O–H groups in total. The molecule has 2 saturated carbocycles. The predicted octanol–water partition coefficient (Wildman–Crippen LogP) is 6.10. The molecular weight excluding hydrogens is 851 g/mol. The number of hydrogen-bond donors (Lipinski definition) is 4. The standard InChI is InChI=1S/C44H61N7O10S2/c1-11-26-21-44(26,39(54)50-63(56,57)59-24-42(4,5)6)49-37(52)34-19-29(22-51(34)38(53)36(43(7,8)9)48-41(55)61-27-14-12-13-15-27)60-35-20-32(33-23-62-40(47-33)45-25(2)3)46-31-18-28(58-10)16-17-30(31)35/h11,16-18,20,23,25-27,29,34,36H,1,12-15,19,21-22,24H2,2-10H3,(H,45,47)(H,48,55)(H,49,52)(H,50,54)/t26?,29-,34+,36-,44-/m1/s1. The van der Waals surface area contributed by atoms with E-state index < -0.39 is 74.6 Å². The molecule has 0 spiro atoms. The molecular formula is C44H61N7O10S2. The van der Waals surface area contributed by atoms with Crippen molar-refractivity contribution in [1.29, 1.82) is 0 Å². The zero-order valence-electron chi connectivity index (χ0n) is 37.5. The van der Waals surface area contributed by atoms with Crippen LogP contribution in [0.5, 0.6) is 11.5 Å². The highest BCUT2D eigenvalue weighted by Gasteiger charge is 2.61. The van der Waals surface area contributed by atoms with E-state index in [1.807, 2.05) is 30.0 Å². The highest BCUT2D eigenvalue weighted by molar-refractivity contribution is 7.85. The summed E-state index contributed by atoms with van der Waals surface area (Å²) in [6.07, 6.45) is 3.07. The third kappa shape index (κ3) is 11.6. The van der Waals surface area contributed by atoms with E-state index in [0.29, 0.717) is 33.8 Å². The van der Waals surface area contributed by atoms with Gasteiger partial charge in [0.2, 0.25) is 11.8 Å². The van der Waals surface area contributed by atoms with E-state index in [1.54, 1.807) is 66.9 Å². The maximum Gasteiger partial charge on any atom is 0.408 e. The summed E-state index contributed by atoms with van der Waals surface area (Å²) in [5.74, 6) is -1.92. The van der Waals surface area contributed by atoms with Gasteiger partial charge in [0.15, 0.2) is 5.13 Å². The van der Waals surface area contributed by atoms with Crippen molar-refractivity contribution in [3.63, 3.8) is 0 Å². The number of amides is 4. The fourth-order valence-corrected chi connectivity index (χ4v) is 9.57. The number of thiazole rings is 1. The van der Waals surface area contributed by atoms with E-state index in [4.69, 9.17) is 28.4 Å². The van der Waals surface area contributed by atoms with Gasteiger partial charge < -0.3 is 35.1 Å². The quantitative estimate of drug-likeness (QED) is 0.120. The molecule has 0 bridgehead atoms. The van der Waals surface area contributed by atoms with Gasteiger partial charge in [-0.1, -0.05) is 47.6 Å². The lowest BCUT2D eigenvalue weighted by atomic mass is 9.85. The lowest BCUT2D eigenvalue weighted by Crippen LogP contribution is -2.60. The summed E-state index contributed by atoms with van der Waals surface area (Å²) in [5, 5.41) is 12.1. The molecule has 17 nitrogen and oxygen atoms in total. The van der Waals surface area contributed by atoms with Crippen LogP contribution in [0.25, 0.3) is 22.3 Å². The topological polar surface area (TPSA) is 216 Å². The molecule has 1 saturated heterocycles. The Hall–Kier alpha value is -5.01. The van der Waals surface area contributed by atoms with Gasteiger partial charge in [-0.25, -0.2) is 19.5 Å². The van der Waals surface area contributed by atoms with E-state index in [2.05, 4.69) is 22.5 Å². The third-order valence-electron chi connectivity index (χ3n) is 11.2. The second kappa shape index (κ2) is 18.6. The molecule has 1 aromatic carbocycles. The molecule has 2 aliphatic carbocycles. The summed E-state index contributed by atoms with van der Waals surface area (Å²) >= 11 is 1.44. The van der Waals surface area contributed by atoms with Crippen molar-refractivity contribution in [2.75, 3.05) is 25.6 Å². The van der Waals surface area contributed by atoms with E-state index in [9.17, 15) is 27.6 Å². The minimum absolute atomic E-state index is 0.0289. The van der Waals surface area contributed by atoms with Gasteiger partial charge in [0.05, 0.1) is 31.5 Å². The number of rotatable bonds is 16. The largest absolute Gasteiger partial charge is 0.497 e. The van der Waals surface area contributed by atoms with Crippen molar-refractivity contribution in [1.82, 2.24) is 30.2 Å². The minimum Gasteiger partial charge on any atom is -0.497 e. The van der Waals surface area contributed by atoms with Gasteiger partial charge in [0, 0.05) is 41.3 Å². The van der Waals surface area contributed by atoms with E-state index in [0.717, 1.165) is 30.8 Å². The molecule has 344 valence electrons. The van der Waals surface area contributed by atoms with Crippen LogP contribution in [0, 0.1) is 16.7 Å². The number of pyridine rings is 1. The molecule has 1 unspecified atom stereocenters. The zero-order valence-corrected chi connectivity index (χ0v) is 39.2. The van der Waals surface area contributed by atoms with Crippen molar-refractivity contribution >= 4 is 61.5 Å². The average molecular weight is 912 g/mol. The highest BCUT2D eigenvalue weighted by atomic mass is 32.2. The first-order valence-electron chi connectivity index (χ1n) is 21.3. The van der Waals surface area contributed by atoms with E-state index in [-0.39, 0.29) is 38.1 Å². The summed E-state index contributed by atoms with van der Waals surface area (Å²) in [5.41, 5.74) is -1.37. The second-order valence-electron chi connectivity index (χ2n) is 19.2. The molecule has 3 fully saturated rings. The molecule has 5 atom stereocenters. The van der Waals surface area contributed by atoms with Crippen LogP contribution in [-0.2, 0) is 33.6 Å². The summed E-state index contributed by atoms with van der Waals surface area (Å²) in [6, 6.07) is 4.94. The highest BCUT2D eigenvalue weighted by Crippen LogP contribution is 2.45. The number of anilines is 1. The summed E-state index contributed by atoms with van der Waals surface area (Å²) in [7, 11) is -2.99.